The summed E-state index contributed by atoms with van der Waals surface area (Å²) >= 11 is 0. The highest BCUT2D eigenvalue weighted by Gasteiger charge is 2.10. The molecule has 1 atom stereocenters. The molecule has 2 N–H and O–H groups in total. The molecule has 0 unspecified atom stereocenters. The van der Waals surface area contributed by atoms with Gasteiger partial charge in [-0.3, -0.25) is 4.79 Å². The molecule has 2 heteroatoms. The molecule has 18 heavy (non-hydrogen) atoms. The Hall–Kier alpha value is -1.93. The van der Waals surface area contributed by atoms with Crippen LogP contribution in [0.15, 0.2) is 60.7 Å². The molecule has 0 aliphatic rings. The second-order valence-corrected chi connectivity index (χ2v) is 4.35. The Morgan fingerprint density at radius 3 is 2.11 bits per heavy atom. The maximum atomic E-state index is 11.9. The van der Waals surface area contributed by atoms with Crippen molar-refractivity contribution >= 4 is 5.78 Å². The molecule has 2 rings (SSSR count). The van der Waals surface area contributed by atoms with Crippen LogP contribution in [-0.2, 0) is 0 Å². The van der Waals surface area contributed by atoms with Crippen molar-refractivity contribution in [3.05, 3.63) is 71.8 Å². The van der Waals surface area contributed by atoms with Crippen LogP contribution in [0.3, 0.4) is 0 Å². The standard InChI is InChI=1S/C16H17NO/c17-15(13-7-3-1-4-8-13)11-12-16(18)14-9-5-2-6-10-14/h1-10,15H,11-12,17H2/t15-/m1/s1. The fourth-order valence-electron chi connectivity index (χ4n) is 1.92. The molecule has 2 aromatic carbocycles. The number of benzene rings is 2. The zero-order valence-corrected chi connectivity index (χ0v) is 10.3. The fourth-order valence-corrected chi connectivity index (χ4v) is 1.92. The fraction of sp³-hybridized carbons (Fsp3) is 0.188. The SMILES string of the molecule is N[C@H](CCC(=O)c1ccccc1)c1ccccc1. The first-order valence-corrected chi connectivity index (χ1v) is 6.16. The van der Waals surface area contributed by atoms with Crippen LogP contribution in [0.1, 0.15) is 34.8 Å². The molecule has 0 aliphatic heterocycles. The summed E-state index contributed by atoms with van der Waals surface area (Å²) in [6.45, 7) is 0. The topological polar surface area (TPSA) is 43.1 Å². The second-order valence-electron chi connectivity index (χ2n) is 4.35. The molecule has 2 nitrogen and oxygen atoms in total. The van der Waals surface area contributed by atoms with Gasteiger partial charge in [-0.1, -0.05) is 60.7 Å². The molecule has 2 aromatic rings. The van der Waals surface area contributed by atoms with E-state index in [1.807, 2.05) is 60.7 Å². The molecular formula is C16H17NO. The van der Waals surface area contributed by atoms with Crippen LogP contribution in [-0.4, -0.2) is 5.78 Å². The Kier molecular flexibility index (Phi) is 4.26. The van der Waals surface area contributed by atoms with Crippen molar-refractivity contribution in [1.82, 2.24) is 0 Å². The summed E-state index contributed by atoms with van der Waals surface area (Å²) in [6, 6.07) is 19.2. The molecular weight excluding hydrogens is 222 g/mol. The molecule has 0 spiro atoms. The van der Waals surface area contributed by atoms with Crippen molar-refractivity contribution < 1.29 is 4.79 Å². The lowest BCUT2D eigenvalue weighted by Crippen LogP contribution is -2.12. The zero-order chi connectivity index (χ0) is 12.8. The molecule has 0 amide bonds. The third-order valence-electron chi connectivity index (χ3n) is 3.01. The van der Waals surface area contributed by atoms with Gasteiger partial charge in [0, 0.05) is 18.0 Å². The van der Waals surface area contributed by atoms with E-state index in [9.17, 15) is 4.79 Å². The monoisotopic (exact) mass is 239 g/mol. The third-order valence-corrected chi connectivity index (χ3v) is 3.01. The second kappa shape index (κ2) is 6.12. The number of Topliss-reactive ketones (excluding diaryl/α,β-unsaturated/α-hetero) is 1. The van der Waals surface area contributed by atoms with Gasteiger partial charge in [0.25, 0.3) is 0 Å². The van der Waals surface area contributed by atoms with E-state index in [1.54, 1.807) is 0 Å². The van der Waals surface area contributed by atoms with Gasteiger partial charge in [-0.2, -0.15) is 0 Å². The van der Waals surface area contributed by atoms with E-state index in [4.69, 9.17) is 5.73 Å². The molecule has 0 saturated carbocycles. The van der Waals surface area contributed by atoms with Crippen molar-refractivity contribution in [2.45, 2.75) is 18.9 Å². The maximum absolute atomic E-state index is 11.9. The van der Waals surface area contributed by atoms with E-state index in [0.717, 1.165) is 11.1 Å². The Bertz CT molecular complexity index is 493. The highest BCUT2D eigenvalue weighted by Crippen LogP contribution is 2.16. The lowest BCUT2D eigenvalue weighted by Gasteiger charge is -2.11. The van der Waals surface area contributed by atoms with Gasteiger partial charge in [0.2, 0.25) is 0 Å². The zero-order valence-electron chi connectivity index (χ0n) is 10.3. The minimum Gasteiger partial charge on any atom is -0.324 e. The summed E-state index contributed by atoms with van der Waals surface area (Å²) in [5.74, 6) is 0.155. The summed E-state index contributed by atoms with van der Waals surface area (Å²) in [5, 5.41) is 0. The average molecular weight is 239 g/mol. The van der Waals surface area contributed by atoms with E-state index in [-0.39, 0.29) is 11.8 Å². The Morgan fingerprint density at radius 2 is 1.50 bits per heavy atom. The molecule has 0 bridgehead atoms. The van der Waals surface area contributed by atoms with Crippen molar-refractivity contribution in [2.24, 2.45) is 5.73 Å². The highest BCUT2D eigenvalue weighted by molar-refractivity contribution is 5.95. The first-order valence-electron chi connectivity index (χ1n) is 6.16. The number of nitrogens with two attached hydrogens (primary N) is 1. The van der Waals surface area contributed by atoms with Gasteiger partial charge in [0.15, 0.2) is 5.78 Å². The smallest absolute Gasteiger partial charge is 0.162 e. The molecule has 0 radical (unpaired) electrons. The molecule has 0 saturated heterocycles. The van der Waals surface area contributed by atoms with Crippen LogP contribution in [0.5, 0.6) is 0 Å². The van der Waals surface area contributed by atoms with Gasteiger partial charge >= 0.3 is 0 Å². The number of ketones is 1. The molecule has 0 aromatic heterocycles. The van der Waals surface area contributed by atoms with Gasteiger partial charge in [0.1, 0.15) is 0 Å². The third kappa shape index (κ3) is 3.28. The minimum atomic E-state index is -0.0705. The first kappa shape index (κ1) is 12.5. The van der Waals surface area contributed by atoms with E-state index < -0.39 is 0 Å². The molecule has 0 heterocycles. The Balaban J connectivity index is 1.91. The highest BCUT2D eigenvalue weighted by atomic mass is 16.1. The quantitative estimate of drug-likeness (QED) is 0.813. The van der Waals surface area contributed by atoms with Crippen LogP contribution in [0.25, 0.3) is 0 Å². The summed E-state index contributed by atoms with van der Waals surface area (Å²) in [4.78, 5) is 11.9. The molecule has 0 fully saturated rings. The minimum absolute atomic E-state index is 0.0705. The predicted octanol–water partition coefficient (Wildman–Crippen LogP) is 3.35. The number of carbonyl (C=O) groups excluding carboxylic acids is 1. The van der Waals surface area contributed by atoms with Crippen LogP contribution < -0.4 is 5.73 Å². The van der Waals surface area contributed by atoms with Crippen LogP contribution in [0.4, 0.5) is 0 Å². The summed E-state index contributed by atoms with van der Waals surface area (Å²) in [6.07, 6.45) is 1.16. The maximum Gasteiger partial charge on any atom is 0.162 e. The number of hydrogen-bond acceptors (Lipinski definition) is 2. The van der Waals surface area contributed by atoms with Crippen molar-refractivity contribution in [3.8, 4) is 0 Å². The Labute approximate surface area is 107 Å². The van der Waals surface area contributed by atoms with E-state index in [1.165, 1.54) is 0 Å². The van der Waals surface area contributed by atoms with E-state index >= 15 is 0 Å². The Morgan fingerprint density at radius 1 is 0.944 bits per heavy atom. The van der Waals surface area contributed by atoms with Gasteiger partial charge in [0.05, 0.1) is 0 Å². The normalized spacial score (nSPS) is 12.1. The first-order chi connectivity index (χ1) is 8.77. The molecule has 92 valence electrons. The van der Waals surface area contributed by atoms with Crippen molar-refractivity contribution in [3.63, 3.8) is 0 Å². The molecule has 0 aliphatic carbocycles. The largest absolute Gasteiger partial charge is 0.324 e. The average Bonchev–Trinajstić information content (AvgIpc) is 2.46. The van der Waals surface area contributed by atoms with Crippen LogP contribution >= 0.6 is 0 Å². The number of carbonyl (C=O) groups is 1. The van der Waals surface area contributed by atoms with Gasteiger partial charge in [-0.05, 0) is 12.0 Å². The van der Waals surface area contributed by atoms with Gasteiger partial charge < -0.3 is 5.73 Å². The summed E-state index contributed by atoms with van der Waals surface area (Å²) < 4.78 is 0. The van der Waals surface area contributed by atoms with E-state index in [2.05, 4.69) is 0 Å². The predicted molar refractivity (Wildman–Crippen MR) is 73.4 cm³/mol. The van der Waals surface area contributed by atoms with Crippen LogP contribution in [0.2, 0.25) is 0 Å². The summed E-state index contributed by atoms with van der Waals surface area (Å²) in [5.41, 5.74) is 7.91. The number of rotatable bonds is 5. The van der Waals surface area contributed by atoms with Crippen molar-refractivity contribution in [1.29, 1.82) is 0 Å². The van der Waals surface area contributed by atoms with Gasteiger partial charge in [-0.15, -0.1) is 0 Å². The van der Waals surface area contributed by atoms with Crippen LogP contribution in [0, 0.1) is 0 Å². The van der Waals surface area contributed by atoms with Gasteiger partial charge in [-0.25, -0.2) is 0 Å². The summed E-state index contributed by atoms with van der Waals surface area (Å²) in [7, 11) is 0. The van der Waals surface area contributed by atoms with E-state index in [0.29, 0.717) is 12.8 Å². The lowest BCUT2D eigenvalue weighted by molar-refractivity contribution is 0.0977. The number of hydrogen-bond donors (Lipinski definition) is 1. The van der Waals surface area contributed by atoms with Crippen molar-refractivity contribution in [2.75, 3.05) is 0 Å². The lowest BCUT2D eigenvalue weighted by atomic mass is 9.99.